The van der Waals surface area contributed by atoms with Crippen molar-refractivity contribution in [2.75, 3.05) is 0 Å². The topological polar surface area (TPSA) is 57.5 Å². The van der Waals surface area contributed by atoms with Crippen LogP contribution in [0.2, 0.25) is 0 Å². The smallest absolute Gasteiger partial charge is 0.328 e. The highest BCUT2D eigenvalue weighted by Crippen LogP contribution is 2.20. The monoisotopic (exact) mass is 192 g/mol. The summed E-state index contributed by atoms with van der Waals surface area (Å²) in [6, 6.07) is 6.49. The number of aromatic hydroxyl groups is 1. The fourth-order valence-electron chi connectivity index (χ4n) is 1.21. The Labute approximate surface area is 82.3 Å². The van der Waals surface area contributed by atoms with Crippen LogP contribution >= 0.6 is 0 Å². The average molecular weight is 192 g/mol. The van der Waals surface area contributed by atoms with Crippen molar-refractivity contribution in [1.82, 2.24) is 0 Å². The third kappa shape index (κ3) is 2.62. The highest BCUT2D eigenvalue weighted by Gasteiger charge is 2.01. The molecule has 0 spiro atoms. The Balaban J connectivity index is 3.01. The molecular formula is C11H12O3. The van der Waals surface area contributed by atoms with Crippen LogP contribution in [0.15, 0.2) is 30.3 Å². The Morgan fingerprint density at radius 2 is 1.93 bits per heavy atom. The zero-order valence-corrected chi connectivity index (χ0v) is 7.90. The van der Waals surface area contributed by atoms with Crippen LogP contribution in [0.4, 0.5) is 0 Å². The lowest BCUT2D eigenvalue weighted by Gasteiger charge is -2.03. The van der Waals surface area contributed by atoms with Crippen LogP contribution in [0.25, 0.3) is 5.57 Å². The van der Waals surface area contributed by atoms with Crippen LogP contribution in [0, 0.1) is 0 Å². The first kappa shape index (κ1) is 10.3. The van der Waals surface area contributed by atoms with Gasteiger partial charge >= 0.3 is 5.97 Å². The fourth-order valence-corrected chi connectivity index (χ4v) is 1.21. The number of carbonyl (C=O) groups is 1. The number of aliphatic carboxylic acids is 1. The molecule has 0 aliphatic rings. The number of hydrogen-bond acceptors (Lipinski definition) is 2. The normalized spacial score (nSPS) is 11.4. The largest absolute Gasteiger partial charge is 0.508 e. The summed E-state index contributed by atoms with van der Waals surface area (Å²) in [7, 11) is 0. The SMILES string of the molecule is CC/C(=C\C(=O)O)c1ccc(O)cc1. The zero-order valence-electron chi connectivity index (χ0n) is 7.90. The van der Waals surface area contributed by atoms with E-state index in [2.05, 4.69) is 0 Å². The molecule has 0 radical (unpaired) electrons. The molecule has 0 unspecified atom stereocenters. The van der Waals surface area contributed by atoms with Gasteiger partial charge in [-0.25, -0.2) is 4.79 Å². The van der Waals surface area contributed by atoms with Crippen molar-refractivity contribution in [3.63, 3.8) is 0 Å². The van der Waals surface area contributed by atoms with E-state index in [9.17, 15) is 4.79 Å². The molecule has 0 saturated carbocycles. The summed E-state index contributed by atoms with van der Waals surface area (Å²) in [5.41, 5.74) is 1.57. The lowest BCUT2D eigenvalue weighted by molar-refractivity contribution is -0.131. The number of hydrogen-bond donors (Lipinski definition) is 2. The molecule has 74 valence electrons. The second kappa shape index (κ2) is 4.46. The van der Waals surface area contributed by atoms with E-state index < -0.39 is 5.97 Å². The van der Waals surface area contributed by atoms with E-state index in [1.54, 1.807) is 24.3 Å². The lowest BCUT2D eigenvalue weighted by atomic mass is 10.0. The van der Waals surface area contributed by atoms with Crippen molar-refractivity contribution in [2.45, 2.75) is 13.3 Å². The predicted molar refractivity (Wildman–Crippen MR) is 54.0 cm³/mol. The van der Waals surface area contributed by atoms with Crippen molar-refractivity contribution in [3.05, 3.63) is 35.9 Å². The molecule has 14 heavy (non-hydrogen) atoms. The van der Waals surface area contributed by atoms with Gasteiger partial charge in [0.2, 0.25) is 0 Å². The van der Waals surface area contributed by atoms with Crippen LogP contribution in [0.3, 0.4) is 0 Å². The van der Waals surface area contributed by atoms with E-state index >= 15 is 0 Å². The van der Waals surface area contributed by atoms with Crippen LogP contribution < -0.4 is 0 Å². The van der Waals surface area contributed by atoms with Crippen molar-refractivity contribution >= 4 is 11.5 Å². The molecule has 2 N–H and O–H groups in total. The third-order valence-electron chi connectivity index (χ3n) is 1.92. The first-order valence-electron chi connectivity index (χ1n) is 4.36. The molecule has 0 aliphatic heterocycles. The van der Waals surface area contributed by atoms with Gasteiger partial charge in [0, 0.05) is 6.08 Å². The van der Waals surface area contributed by atoms with E-state index in [0.717, 1.165) is 11.1 Å². The van der Waals surface area contributed by atoms with Gasteiger partial charge in [0.25, 0.3) is 0 Å². The van der Waals surface area contributed by atoms with E-state index in [4.69, 9.17) is 10.2 Å². The maximum atomic E-state index is 10.5. The molecule has 0 atom stereocenters. The van der Waals surface area contributed by atoms with Crippen molar-refractivity contribution in [2.24, 2.45) is 0 Å². The minimum atomic E-state index is -0.949. The quantitative estimate of drug-likeness (QED) is 0.722. The van der Waals surface area contributed by atoms with Crippen LogP contribution in [0.5, 0.6) is 5.75 Å². The minimum absolute atomic E-state index is 0.180. The molecule has 0 saturated heterocycles. The Morgan fingerprint density at radius 1 is 1.36 bits per heavy atom. The van der Waals surface area contributed by atoms with E-state index in [1.165, 1.54) is 6.08 Å². The summed E-state index contributed by atoms with van der Waals surface area (Å²) >= 11 is 0. The highest BCUT2D eigenvalue weighted by atomic mass is 16.4. The Kier molecular flexibility index (Phi) is 3.29. The lowest BCUT2D eigenvalue weighted by Crippen LogP contribution is -1.91. The summed E-state index contributed by atoms with van der Waals surface area (Å²) in [5, 5.41) is 17.7. The molecule has 0 heterocycles. The molecule has 0 aromatic heterocycles. The van der Waals surface area contributed by atoms with Crippen molar-refractivity contribution in [1.29, 1.82) is 0 Å². The molecule has 0 amide bonds. The van der Waals surface area contributed by atoms with Gasteiger partial charge in [-0.05, 0) is 29.7 Å². The Hall–Kier alpha value is -1.77. The molecule has 0 fully saturated rings. The number of allylic oxidation sites excluding steroid dienone is 1. The van der Waals surface area contributed by atoms with Gasteiger partial charge in [0.1, 0.15) is 5.75 Å². The second-order valence-corrected chi connectivity index (χ2v) is 2.91. The maximum Gasteiger partial charge on any atom is 0.328 e. The van der Waals surface area contributed by atoms with Gasteiger partial charge in [0.05, 0.1) is 0 Å². The van der Waals surface area contributed by atoms with Gasteiger partial charge in [-0.15, -0.1) is 0 Å². The minimum Gasteiger partial charge on any atom is -0.508 e. The van der Waals surface area contributed by atoms with Gasteiger partial charge in [-0.2, -0.15) is 0 Å². The Bertz CT molecular complexity index is 349. The molecule has 1 rings (SSSR count). The zero-order chi connectivity index (χ0) is 10.6. The van der Waals surface area contributed by atoms with Gasteiger partial charge in [-0.3, -0.25) is 0 Å². The van der Waals surface area contributed by atoms with Gasteiger partial charge in [0.15, 0.2) is 0 Å². The molecule has 3 nitrogen and oxygen atoms in total. The summed E-state index contributed by atoms with van der Waals surface area (Å²) in [6.07, 6.45) is 1.84. The predicted octanol–water partition coefficient (Wildman–Crippen LogP) is 2.27. The second-order valence-electron chi connectivity index (χ2n) is 2.91. The first-order valence-corrected chi connectivity index (χ1v) is 4.36. The highest BCUT2D eigenvalue weighted by molar-refractivity contribution is 5.89. The molecule has 3 heteroatoms. The standard InChI is InChI=1S/C11H12O3/c1-2-8(7-11(13)14)9-3-5-10(12)6-4-9/h3-7,12H,2H2,1H3,(H,13,14)/b8-7+. The van der Waals surface area contributed by atoms with Crippen LogP contribution in [-0.2, 0) is 4.79 Å². The molecule has 0 bridgehead atoms. The Morgan fingerprint density at radius 3 is 2.36 bits per heavy atom. The summed E-state index contributed by atoms with van der Waals surface area (Å²) in [5.74, 6) is -0.769. The number of phenolic OH excluding ortho intramolecular Hbond substituents is 1. The maximum absolute atomic E-state index is 10.5. The fraction of sp³-hybridized carbons (Fsp3) is 0.182. The third-order valence-corrected chi connectivity index (χ3v) is 1.92. The summed E-state index contributed by atoms with van der Waals surface area (Å²) in [4.78, 5) is 10.5. The average Bonchev–Trinajstić information content (AvgIpc) is 2.15. The number of benzene rings is 1. The molecule has 1 aromatic carbocycles. The van der Waals surface area contributed by atoms with E-state index in [1.807, 2.05) is 6.92 Å². The van der Waals surface area contributed by atoms with Gasteiger partial charge < -0.3 is 10.2 Å². The van der Waals surface area contributed by atoms with Gasteiger partial charge in [-0.1, -0.05) is 19.1 Å². The summed E-state index contributed by atoms with van der Waals surface area (Å²) in [6.45, 7) is 1.89. The molecule has 1 aromatic rings. The number of phenols is 1. The molecule has 0 aliphatic carbocycles. The number of carboxylic acid groups (broad SMARTS) is 1. The number of rotatable bonds is 3. The van der Waals surface area contributed by atoms with Crippen LogP contribution in [0.1, 0.15) is 18.9 Å². The molecular weight excluding hydrogens is 180 g/mol. The van der Waals surface area contributed by atoms with E-state index in [0.29, 0.717) is 6.42 Å². The van der Waals surface area contributed by atoms with Crippen LogP contribution in [-0.4, -0.2) is 16.2 Å². The first-order chi connectivity index (χ1) is 6.63. The number of carboxylic acids is 1. The van der Waals surface area contributed by atoms with Crippen molar-refractivity contribution < 1.29 is 15.0 Å². The van der Waals surface area contributed by atoms with Crippen molar-refractivity contribution in [3.8, 4) is 5.75 Å². The summed E-state index contributed by atoms with van der Waals surface area (Å²) < 4.78 is 0. The van der Waals surface area contributed by atoms with E-state index in [-0.39, 0.29) is 5.75 Å².